The Hall–Kier alpha value is -0.710. The Bertz CT molecular complexity index is 436. The van der Waals surface area contributed by atoms with Crippen molar-refractivity contribution >= 4 is 29.3 Å². The number of thioether (sulfide) groups is 1. The van der Waals surface area contributed by atoms with Crippen LogP contribution in [0.15, 0.2) is 29.2 Å². The van der Waals surface area contributed by atoms with Gasteiger partial charge in [0.15, 0.2) is 0 Å². The van der Waals surface area contributed by atoms with Crippen molar-refractivity contribution in [2.45, 2.75) is 30.9 Å². The number of rotatable bonds is 8. The van der Waals surface area contributed by atoms with Crippen molar-refractivity contribution in [1.82, 2.24) is 4.90 Å². The monoisotopic (exact) mass is 329 g/mol. The Labute approximate surface area is 137 Å². The summed E-state index contributed by atoms with van der Waals surface area (Å²) in [7, 11) is 1.66. The van der Waals surface area contributed by atoms with Gasteiger partial charge in [0.2, 0.25) is 5.91 Å². The van der Waals surface area contributed by atoms with Crippen molar-refractivity contribution in [3.05, 3.63) is 29.3 Å². The number of benzene rings is 1. The summed E-state index contributed by atoms with van der Waals surface area (Å²) in [6.07, 6.45) is 0. The van der Waals surface area contributed by atoms with Gasteiger partial charge in [-0.3, -0.25) is 4.79 Å². The second-order valence-corrected chi connectivity index (χ2v) is 7.24. The number of carbonyl (C=O) groups is 1. The molecule has 0 bridgehead atoms. The van der Waals surface area contributed by atoms with Crippen LogP contribution >= 0.6 is 23.4 Å². The predicted molar refractivity (Wildman–Crippen MR) is 90.1 cm³/mol. The van der Waals surface area contributed by atoms with Gasteiger partial charge >= 0.3 is 0 Å². The van der Waals surface area contributed by atoms with Crippen LogP contribution in [0.1, 0.15) is 20.8 Å². The molecular formula is C16H24ClNO2S. The molecule has 0 saturated heterocycles. The smallest absolute Gasteiger partial charge is 0.235 e. The van der Waals surface area contributed by atoms with Crippen LogP contribution in [0.3, 0.4) is 0 Å². The molecule has 118 valence electrons. The lowest BCUT2D eigenvalue weighted by Gasteiger charge is -2.27. The van der Waals surface area contributed by atoms with E-state index in [1.165, 1.54) is 0 Å². The van der Waals surface area contributed by atoms with Crippen LogP contribution in [0.2, 0.25) is 5.02 Å². The number of ether oxygens (including phenoxy) is 1. The molecule has 1 rings (SSSR count). The van der Waals surface area contributed by atoms with E-state index in [1.54, 1.807) is 18.9 Å². The Kier molecular flexibility index (Phi) is 8.15. The SMILES string of the molecule is COCCN(CC(C)C)C(=O)C(C)Sc1ccc(Cl)cc1. The molecule has 0 aliphatic heterocycles. The average Bonchev–Trinajstić information content (AvgIpc) is 2.44. The van der Waals surface area contributed by atoms with Crippen LogP contribution < -0.4 is 0 Å². The molecule has 0 aromatic heterocycles. The third kappa shape index (κ3) is 6.72. The first-order valence-corrected chi connectivity index (χ1v) is 8.39. The highest BCUT2D eigenvalue weighted by atomic mass is 35.5. The fourth-order valence-corrected chi connectivity index (χ4v) is 3.04. The second-order valence-electron chi connectivity index (χ2n) is 5.38. The zero-order valence-corrected chi connectivity index (χ0v) is 14.7. The van der Waals surface area contributed by atoms with Crippen molar-refractivity contribution in [3.63, 3.8) is 0 Å². The predicted octanol–water partition coefficient (Wildman–Crippen LogP) is 3.95. The average molecular weight is 330 g/mol. The van der Waals surface area contributed by atoms with E-state index in [-0.39, 0.29) is 11.2 Å². The lowest BCUT2D eigenvalue weighted by Crippen LogP contribution is -2.40. The third-order valence-electron chi connectivity index (χ3n) is 2.94. The van der Waals surface area contributed by atoms with Gasteiger partial charge in [-0.15, -0.1) is 11.8 Å². The molecule has 1 atom stereocenters. The molecule has 1 unspecified atom stereocenters. The summed E-state index contributed by atoms with van der Waals surface area (Å²) in [6, 6.07) is 7.58. The first kappa shape index (κ1) is 18.3. The van der Waals surface area contributed by atoms with Crippen LogP contribution in [-0.2, 0) is 9.53 Å². The van der Waals surface area contributed by atoms with E-state index in [2.05, 4.69) is 13.8 Å². The third-order valence-corrected chi connectivity index (χ3v) is 4.29. The molecule has 0 N–H and O–H groups in total. The van der Waals surface area contributed by atoms with E-state index in [0.29, 0.717) is 24.1 Å². The Balaban J connectivity index is 2.65. The van der Waals surface area contributed by atoms with E-state index in [4.69, 9.17) is 16.3 Å². The fourth-order valence-electron chi connectivity index (χ4n) is 1.96. The van der Waals surface area contributed by atoms with E-state index >= 15 is 0 Å². The van der Waals surface area contributed by atoms with Crippen molar-refractivity contribution in [1.29, 1.82) is 0 Å². The molecule has 0 saturated carbocycles. The van der Waals surface area contributed by atoms with E-state index < -0.39 is 0 Å². The van der Waals surface area contributed by atoms with Crippen LogP contribution in [0.4, 0.5) is 0 Å². The highest BCUT2D eigenvalue weighted by Crippen LogP contribution is 2.26. The molecule has 1 aromatic rings. The quantitative estimate of drug-likeness (QED) is 0.676. The van der Waals surface area contributed by atoms with Crippen LogP contribution in [-0.4, -0.2) is 42.9 Å². The molecule has 0 heterocycles. The highest BCUT2D eigenvalue weighted by Gasteiger charge is 2.21. The van der Waals surface area contributed by atoms with Gasteiger partial charge in [-0.25, -0.2) is 0 Å². The van der Waals surface area contributed by atoms with E-state index in [9.17, 15) is 4.79 Å². The van der Waals surface area contributed by atoms with Gasteiger partial charge in [-0.1, -0.05) is 25.4 Å². The minimum atomic E-state index is -0.123. The number of amides is 1. The lowest BCUT2D eigenvalue weighted by atomic mass is 10.2. The molecule has 0 fully saturated rings. The summed E-state index contributed by atoms with van der Waals surface area (Å²) in [5.74, 6) is 0.597. The largest absolute Gasteiger partial charge is 0.383 e. The zero-order valence-electron chi connectivity index (χ0n) is 13.1. The number of hydrogen-bond acceptors (Lipinski definition) is 3. The Morgan fingerprint density at radius 1 is 1.29 bits per heavy atom. The highest BCUT2D eigenvalue weighted by molar-refractivity contribution is 8.00. The number of nitrogens with zero attached hydrogens (tertiary/aromatic N) is 1. The summed E-state index contributed by atoms with van der Waals surface area (Å²) in [5.41, 5.74) is 0. The van der Waals surface area contributed by atoms with E-state index in [1.807, 2.05) is 36.1 Å². The lowest BCUT2D eigenvalue weighted by molar-refractivity contribution is -0.131. The van der Waals surface area contributed by atoms with Crippen LogP contribution in [0, 0.1) is 5.92 Å². The van der Waals surface area contributed by atoms with Crippen molar-refractivity contribution in [3.8, 4) is 0 Å². The van der Waals surface area contributed by atoms with Gasteiger partial charge in [0.1, 0.15) is 0 Å². The molecule has 0 spiro atoms. The van der Waals surface area contributed by atoms with Gasteiger partial charge < -0.3 is 9.64 Å². The molecule has 0 aliphatic rings. The van der Waals surface area contributed by atoms with Crippen molar-refractivity contribution < 1.29 is 9.53 Å². The number of carbonyl (C=O) groups excluding carboxylic acids is 1. The summed E-state index contributed by atoms with van der Waals surface area (Å²) in [6.45, 7) is 8.14. The van der Waals surface area contributed by atoms with Crippen LogP contribution in [0.25, 0.3) is 0 Å². The molecule has 5 heteroatoms. The van der Waals surface area contributed by atoms with Gasteiger partial charge in [-0.05, 0) is 37.1 Å². The first-order valence-electron chi connectivity index (χ1n) is 7.14. The normalized spacial score (nSPS) is 12.5. The molecule has 3 nitrogen and oxygen atoms in total. The topological polar surface area (TPSA) is 29.5 Å². The number of methoxy groups -OCH3 is 1. The summed E-state index contributed by atoms with van der Waals surface area (Å²) < 4.78 is 5.10. The maximum Gasteiger partial charge on any atom is 0.235 e. The minimum Gasteiger partial charge on any atom is -0.383 e. The molecule has 1 amide bonds. The molecule has 21 heavy (non-hydrogen) atoms. The Morgan fingerprint density at radius 3 is 2.43 bits per heavy atom. The number of halogens is 1. The molecule has 0 radical (unpaired) electrons. The molecule has 0 aliphatic carbocycles. The van der Waals surface area contributed by atoms with Gasteiger partial charge in [0.25, 0.3) is 0 Å². The zero-order chi connectivity index (χ0) is 15.8. The first-order chi connectivity index (χ1) is 9.93. The number of hydrogen-bond donors (Lipinski definition) is 0. The molecular weight excluding hydrogens is 306 g/mol. The summed E-state index contributed by atoms with van der Waals surface area (Å²) in [5, 5.41) is 0.585. The van der Waals surface area contributed by atoms with Crippen LogP contribution in [0.5, 0.6) is 0 Å². The van der Waals surface area contributed by atoms with Gasteiger partial charge in [0.05, 0.1) is 11.9 Å². The standard InChI is InChI=1S/C16H24ClNO2S/c1-12(2)11-18(9-10-20-4)16(19)13(3)21-15-7-5-14(17)6-8-15/h5-8,12-13H,9-11H2,1-4H3. The molecule has 1 aromatic carbocycles. The summed E-state index contributed by atoms with van der Waals surface area (Å²) >= 11 is 7.44. The van der Waals surface area contributed by atoms with Gasteiger partial charge in [-0.2, -0.15) is 0 Å². The maximum absolute atomic E-state index is 12.6. The van der Waals surface area contributed by atoms with Crippen molar-refractivity contribution in [2.24, 2.45) is 5.92 Å². The fraction of sp³-hybridized carbons (Fsp3) is 0.562. The van der Waals surface area contributed by atoms with E-state index in [0.717, 1.165) is 11.4 Å². The minimum absolute atomic E-state index is 0.123. The summed E-state index contributed by atoms with van der Waals surface area (Å²) in [4.78, 5) is 15.5. The Morgan fingerprint density at radius 2 is 1.90 bits per heavy atom. The van der Waals surface area contributed by atoms with Crippen molar-refractivity contribution in [2.75, 3.05) is 26.8 Å². The maximum atomic E-state index is 12.6. The van der Waals surface area contributed by atoms with Gasteiger partial charge in [0, 0.05) is 30.1 Å². The second kappa shape index (κ2) is 9.34.